The van der Waals surface area contributed by atoms with E-state index in [0.29, 0.717) is 0 Å². The Kier molecular flexibility index (Phi) is 4.47. The third kappa shape index (κ3) is 2.88. The number of ketones is 1. The Morgan fingerprint density at radius 3 is 2.39 bits per heavy atom. The fraction of sp³-hybridized carbons (Fsp3) is 0.364. The molecule has 18 heavy (non-hydrogen) atoms. The van der Waals surface area contributed by atoms with Gasteiger partial charge in [-0.15, -0.1) is 0 Å². The molecule has 0 aliphatic carbocycles. The molecular weight excluding hydrogens is 281 g/mol. The maximum atomic E-state index is 13.6. The highest BCUT2D eigenvalue weighted by Crippen LogP contribution is 2.26. The first-order valence-corrected chi connectivity index (χ1v) is 7.03. The van der Waals surface area contributed by atoms with Gasteiger partial charge in [0.05, 0.1) is 10.6 Å². The summed E-state index contributed by atoms with van der Waals surface area (Å²) in [5.41, 5.74) is -0.275. The number of rotatable bonds is 4. The third-order valence-electron chi connectivity index (χ3n) is 2.37. The number of halogens is 2. The Balaban J connectivity index is 3.50. The minimum atomic E-state index is -3.83. The maximum absolute atomic E-state index is 13.6. The lowest BCUT2D eigenvalue weighted by molar-refractivity contribution is 0.0935. The molecule has 0 aliphatic heterocycles. The standard InChI is InChI=1S/C11H13ClFNO3S/c1-6(2)11(15)7-4-10(18(16,17)14-3)8(12)5-9(7)13/h4-6,14H,1-3H3. The van der Waals surface area contributed by atoms with Crippen LogP contribution in [0.5, 0.6) is 0 Å². The number of hydrogen-bond acceptors (Lipinski definition) is 3. The summed E-state index contributed by atoms with van der Waals surface area (Å²) in [6.07, 6.45) is 0. The molecule has 0 fully saturated rings. The fourth-order valence-corrected chi connectivity index (χ4v) is 2.61. The molecule has 0 amide bonds. The van der Waals surface area contributed by atoms with Gasteiger partial charge in [-0.25, -0.2) is 17.5 Å². The number of hydrogen-bond donors (Lipinski definition) is 1. The van der Waals surface area contributed by atoms with Crippen molar-refractivity contribution in [2.75, 3.05) is 7.05 Å². The molecule has 0 aromatic heterocycles. The molecule has 0 atom stereocenters. The second-order valence-electron chi connectivity index (χ2n) is 3.99. The van der Waals surface area contributed by atoms with Crippen LogP contribution < -0.4 is 4.72 Å². The van der Waals surface area contributed by atoms with Gasteiger partial charge < -0.3 is 0 Å². The summed E-state index contributed by atoms with van der Waals surface area (Å²) in [5, 5.41) is -0.262. The number of benzene rings is 1. The van der Waals surface area contributed by atoms with Crippen molar-refractivity contribution in [3.05, 3.63) is 28.5 Å². The van der Waals surface area contributed by atoms with Gasteiger partial charge in [0, 0.05) is 5.92 Å². The summed E-state index contributed by atoms with van der Waals surface area (Å²) < 4.78 is 39.0. The van der Waals surface area contributed by atoms with Crippen LogP contribution in [-0.4, -0.2) is 21.2 Å². The predicted octanol–water partition coefficient (Wildman–Crippen LogP) is 2.23. The first-order chi connectivity index (χ1) is 8.20. The van der Waals surface area contributed by atoms with Crippen LogP contribution in [0.25, 0.3) is 0 Å². The topological polar surface area (TPSA) is 63.2 Å². The number of nitrogens with one attached hydrogen (secondary N) is 1. The van der Waals surface area contributed by atoms with E-state index in [1.165, 1.54) is 7.05 Å². The summed E-state index contributed by atoms with van der Waals surface area (Å²) in [6.45, 7) is 3.20. The van der Waals surface area contributed by atoms with Gasteiger partial charge in [-0.05, 0) is 19.2 Å². The van der Waals surface area contributed by atoms with Gasteiger partial charge in [0.1, 0.15) is 10.7 Å². The molecular formula is C11H13ClFNO3S. The highest BCUT2D eigenvalue weighted by molar-refractivity contribution is 7.89. The lowest BCUT2D eigenvalue weighted by Gasteiger charge is -2.10. The zero-order valence-corrected chi connectivity index (χ0v) is 11.7. The zero-order chi connectivity index (χ0) is 14.1. The molecule has 1 N–H and O–H groups in total. The summed E-state index contributed by atoms with van der Waals surface area (Å²) in [6, 6.07) is 1.80. The molecule has 0 aliphatic rings. The van der Waals surface area contributed by atoms with E-state index in [1.807, 2.05) is 0 Å². The molecule has 0 saturated carbocycles. The molecule has 4 nitrogen and oxygen atoms in total. The highest BCUT2D eigenvalue weighted by Gasteiger charge is 2.23. The predicted molar refractivity (Wildman–Crippen MR) is 66.8 cm³/mol. The Morgan fingerprint density at radius 2 is 1.94 bits per heavy atom. The van der Waals surface area contributed by atoms with E-state index < -0.39 is 27.5 Å². The van der Waals surface area contributed by atoms with Gasteiger partial charge >= 0.3 is 0 Å². The van der Waals surface area contributed by atoms with Gasteiger partial charge in [-0.1, -0.05) is 25.4 Å². The van der Waals surface area contributed by atoms with Crippen molar-refractivity contribution in [1.29, 1.82) is 0 Å². The Labute approximate surface area is 110 Å². The highest BCUT2D eigenvalue weighted by atomic mass is 35.5. The van der Waals surface area contributed by atoms with Crippen molar-refractivity contribution in [3.8, 4) is 0 Å². The van der Waals surface area contributed by atoms with E-state index in [9.17, 15) is 17.6 Å². The lowest BCUT2D eigenvalue weighted by atomic mass is 10.0. The van der Waals surface area contributed by atoms with E-state index in [0.717, 1.165) is 12.1 Å². The molecule has 1 aromatic rings. The number of sulfonamides is 1. The largest absolute Gasteiger partial charge is 0.294 e. The summed E-state index contributed by atoms with van der Waals surface area (Å²) in [7, 11) is -2.62. The van der Waals surface area contributed by atoms with Gasteiger partial charge in [0.15, 0.2) is 5.78 Å². The minimum Gasteiger partial charge on any atom is -0.294 e. The third-order valence-corrected chi connectivity index (χ3v) is 4.25. The van der Waals surface area contributed by atoms with E-state index in [2.05, 4.69) is 4.72 Å². The second kappa shape index (κ2) is 5.34. The monoisotopic (exact) mass is 293 g/mol. The van der Waals surface area contributed by atoms with Crippen LogP contribution in [0.4, 0.5) is 4.39 Å². The molecule has 7 heteroatoms. The van der Waals surface area contributed by atoms with E-state index in [4.69, 9.17) is 11.6 Å². The number of Topliss-reactive ketones (excluding diaryl/α,β-unsaturated/α-hetero) is 1. The minimum absolute atomic E-state index is 0.262. The molecule has 0 saturated heterocycles. The maximum Gasteiger partial charge on any atom is 0.241 e. The summed E-state index contributed by atoms with van der Waals surface area (Å²) >= 11 is 5.68. The molecule has 1 rings (SSSR count). The molecule has 0 heterocycles. The first kappa shape index (κ1) is 15.1. The van der Waals surface area contributed by atoms with Gasteiger partial charge in [0.2, 0.25) is 10.0 Å². The van der Waals surface area contributed by atoms with Crippen molar-refractivity contribution >= 4 is 27.4 Å². The van der Waals surface area contributed by atoms with Crippen LogP contribution in [0, 0.1) is 11.7 Å². The van der Waals surface area contributed by atoms with Gasteiger partial charge in [-0.2, -0.15) is 0 Å². The molecule has 0 radical (unpaired) electrons. The molecule has 0 spiro atoms. The van der Waals surface area contributed by atoms with Crippen molar-refractivity contribution in [2.24, 2.45) is 5.92 Å². The average molecular weight is 294 g/mol. The summed E-state index contributed by atoms with van der Waals surface area (Å²) in [4.78, 5) is 11.4. The van der Waals surface area contributed by atoms with Crippen LogP contribution in [0.3, 0.4) is 0 Å². The van der Waals surface area contributed by atoms with Crippen molar-refractivity contribution in [3.63, 3.8) is 0 Å². The number of carbonyl (C=O) groups excluding carboxylic acids is 1. The molecule has 1 aromatic carbocycles. The lowest BCUT2D eigenvalue weighted by Crippen LogP contribution is -2.20. The van der Waals surface area contributed by atoms with Crippen LogP contribution >= 0.6 is 11.6 Å². The van der Waals surface area contributed by atoms with Crippen LogP contribution in [0.15, 0.2) is 17.0 Å². The van der Waals surface area contributed by atoms with Crippen molar-refractivity contribution in [1.82, 2.24) is 4.72 Å². The molecule has 0 bridgehead atoms. The molecule has 100 valence electrons. The Morgan fingerprint density at radius 1 is 1.39 bits per heavy atom. The zero-order valence-electron chi connectivity index (χ0n) is 10.1. The summed E-state index contributed by atoms with van der Waals surface area (Å²) in [5.74, 6) is -1.74. The average Bonchev–Trinajstić information content (AvgIpc) is 2.27. The SMILES string of the molecule is CNS(=O)(=O)c1cc(C(=O)C(C)C)c(F)cc1Cl. The fourth-order valence-electron chi connectivity index (χ4n) is 1.34. The van der Waals surface area contributed by atoms with Crippen molar-refractivity contribution < 1.29 is 17.6 Å². The van der Waals surface area contributed by atoms with Gasteiger partial charge in [-0.3, -0.25) is 4.79 Å². The Hall–Kier alpha value is -0.980. The van der Waals surface area contributed by atoms with Crippen LogP contribution in [0.2, 0.25) is 5.02 Å². The van der Waals surface area contributed by atoms with Crippen molar-refractivity contribution in [2.45, 2.75) is 18.7 Å². The first-order valence-electron chi connectivity index (χ1n) is 5.17. The van der Waals surface area contributed by atoms with Crippen LogP contribution in [0.1, 0.15) is 24.2 Å². The molecule has 0 unspecified atom stereocenters. The van der Waals surface area contributed by atoms with E-state index >= 15 is 0 Å². The second-order valence-corrected chi connectivity index (χ2v) is 6.25. The van der Waals surface area contributed by atoms with Gasteiger partial charge in [0.25, 0.3) is 0 Å². The quantitative estimate of drug-likeness (QED) is 0.866. The number of carbonyl (C=O) groups is 1. The normalized spacial score (nSPS) is 11.9. The van der Waals surface area contributed by atoms with E-state index in [1.54, 1.807) is 13.8 Å². The Bertz CT molecular complexity index is 584. The van der Waals surface area contributed by atoms with Crippen LogP contribution in [-0.2, 0) is 10.0 Å². The van der Waals surface area contributed by atoms with E-state index in [-0.39, 0.29) is 15.5 Å². The smallest absolute Gasteiger partial charge is 0.241 e.